The van der Waals surface area contributed by atoms with E-state index in [2.05, 4.69) is 17.2 Å². The molecule has 1 saturated carbocycles. The number of nitrogens with one attached hydrogen (secondary N) is 1. The number of carboxylic acid groups (broad SMARTS) is 1. The first-order valence-electron chi connectivity index (χ1n) is 7.13. The summed E-state index contributed by atoms with van der Waals surface area (Å²) < 4.78 is 13.1. The Balaban J connectivity index is 2.14. The van der Waals surface area contributed by atoms with Gasteiger partial charge in [-0.1, -0.05) is 13.3 Å². The number of carboxylic acids is 1. The summed E-state index contributed by atoms with van der Waals surface area (Å²) in [6.07, 6.45) is 5.57. The molecule has 5 nitrogen and oxygen atoms in total. The van der Waals surface area contributed by atoms with Crippen LogP contribution in [0.15, 0.2) is 18.5 Å². The summed E-state index contributed by atoms with van der Waals surface area (Å²) in [5, 5.41) is 12.1. The van der Waals surface area contributed by atoms with Gasteiger partial charge < -0.3 is 10.4 Å². The summed E-state index contributed by atoms with van der Waals surface area (Å²) in [4.78, 5) is 27.4. The van der Waals surface area contributed by atoms with E-state index in [0.29, 0.717) is 18.8 Å². The van der Waals surface area contributed by atoms with Gasteiger partial charge in [0.2, 0.25) is 0 Å². The highest BCUT2D eigenvalue weighted by Gasteiger charge is 2.43. The van der Waals surface area contributed by atoms with Crippen molar-refractivity contribution in [2.45, 2.75) is 44.6 Å². The lowest BCUT2D eigenvalue weighted by Gasteiger charge is -2.37. The highest BCUT2D eigenvalue weighted by Crippen LogP contribution is 2.34. The molecule has 0 radical (unpaired) electrons. The second kappa shape index (κ2) is 6.20. The minimum absolute atomic E-state index is 0.0354. The molecule has 0 aromatic carbocycles. The number of nitrogens with zero attached hydrogens (tertiary/aromatic N) is 1. The lowest BCUT2D eigenvalue weighted by atomic mass is 9.75. The summed E-state index contributed by atoms with van der Waals surface area (Å²) in [5.74, 6) is -1.75. The minimum atomic E-state index is -1.25. The molecule has 0 aliphatic heterocycles. The summed E-state index contributed by atoms with van der Waals surface area (Å²) in [7, 11) is 0. The van der Waals surface area contributed by atoms with Crippen LogP contribution in [0.3, 0.4) is 0 Å². The van der Waals surface area contributed by atoms with Gasteiger partial charge in [-0.3, -0.25) is 9.78 Å². The van der Waals surface area contributed by atoms with Crippen molar-refractivity contribution < 1.29 is 19.1 Å². The lowest BCUT2D eigenvalue weighted by molar-refractivity contribution is -0.146. The Morgan fingerprint density at radius 1 is 1.43 bits per heavy atom. The van der Waals surface area contributed by atoms with Crippen LogP contribution < -0.4 is 5.32 Å². The molecule has 1 amide bonds. The fourth-order valence-electron chi connectivity index (χ4n) is 2.80. The molecule has 2 rings (SSSR count). The number of carbonyl (C=O) groups excluding carboxylic acids is 1. The molecule has 1 fully saturated rings. The summed E-state index contributed by atoms with van der Waals surface area (Å²) in [6, 6.07) is 1.05. The summed E-state index contributed by atoms with van der Waals surface area (Å²) in [5.41, 5.74) is -1.22. The van der Waals surface area contributed by atoms with E-state index in [1.54, 1.807) is 0 Å². The largest absolute Gasteiger partial charge is 0.480 e. The standard InChI is InChI=1S/C15H19FN2O3/c1-2-10-3-5-15(6-4-10,14(20)21)18-13(19)11-7-12(16)9-17-8-11/h7-10H,2-6H2,1H3,(H,18,19)(H,20,21). The van der Waals surface area contributed by atoms with E-state index in [1.165, 1.54) is 6.20 Å². The van der Waals surface area contributed by atoms with Crippen molar-refractivity contribution >= 4 is 11.9 Å². The lowest BCUT2D eigenvalue weighted by Crippen LogP contribution is -2.56. The van der Waals surface area contributed by atoms with Crippen molar-refractivity contribution in [2.75, 3.05) is 0 Å². The molecule has 2 N–H and O–H groups in total. The van der Waals surface area contributed by atoms with E-state index in [9.17, 15) is 19.1 Å². The smallest absolute Gasteiger partial charge is 0.329 e. The van der Waals surface area contributed by atoms with Crippen molar-refractivity contribution in [2.24, 2.45) is 5.92 Å². The maximum Gasteiger partial charge on any atom is 0.329 e. The zero-order valence-electron chi connectivity index (χ0n) is 11.9. The number of pyridine rings is 1. The van der Waals surface area contributed by atoms with E-state index in [-0.39, 0.29) is 5.56 Å². The number of aliphatic carboxylic acids is 1. The third kappa shape index (κ3) is 3.37. The van der Waals surface area contributed by atoms with Crippen LogP contribution in [0.5, 0.6) is 0 Å². The van der Waals surface area contributed by atoms with Crippen molar-refractivity contribution in [1.82, 2.24) is 10.3 Å². The fraction of sp³-hybridized carbons (Fsp3) is 0.533. The number of hydrogen-bond donors (Lipinski definition) is 2. The number of aromatic nitrogens is 1. The SMILES string of the molecule is CCC1CCC(NC(=O)c2cncc(F)c2)(C(=O)O)CC1. The molecule has 1 aromatic heterocycles. The van der Waals surface area contributed by atoms with Gasteiger partial charge >= 0.3 is 5.97 Å². The maximum atomic E-state index is 13.1. The molecule has 0 saturated heterocycles. The van der Waals surface area contributed by atoms with Gasteiger partial charge in [0.05, 0.1) is 11.8 Å². The zero-order chi connectivity index (χ0) is 15.5. The van der Waals surface area contributed by atoms with Gasteiger partial charge in [0.25, 0.3) is 5.91 Å². The first-order chi connectivity index (χ1) is 9.97. The third-order valence-electron chi connectivity index (χ3n) is 4.27. The molecule has 0 atom stereocenters. The van der Waals surface area contributed by atoms with Crippen molar-refractivity contribution in [3.8, 4) is 0 Å². The van der Waals surface area contributed by atoms with Crippen LogP contribution in [-0.2, 0) is 4.79 Å². The molecule has 0 unspecified atom stereocenters. The van der Waals surface area contributed by atoms with Crippen LogP contribution in [0.4, 0.5) is 4.39 Å². The Morgan fingerprint density at radius 3 is 2.62 bits per heavy atom. The number of hydrogen-bond acceptors (Lipinski definition) is 3. The fourth-order valence-corrected chi connectivity index (χ4v) is 2.80. The molecular formula is C15H19FN2O3. The van der Waals surface area contributed by atoms with E-state index in [1.807, 2.05) is 0 Å². The van der Waals surface area contributed by atoms with Crippen LogP contribution in [0, 0.1) is 11.7 Å². The Labute approximate surface area is 122 Å². The molecular weight excluding hydrogens is 275 g/mol. The van der Waals surface area contributed by atoms with Crippen molar-refractivity contribution in [3.63, 3.8) is 0 Å². The normalized spacial score (nSPS) is 25.3. The average Bonchev–Trinajstić information content (AvgIpc) is 2.47. The van der Waals surface area contributed by atoms with Crippen LogP contribution in [-0.4, -0.2) is 27.5 Å². The Bertz CT molecular complexity index is 539. The van der Waals surface area contributed by atoms with E-state index in [4.69, 9.17) is 0 Å². The predicted molar refractivity (Wildman–Crippen MR) is 74.3 cm³/mol. The average molecular weight is 294 g/mol. The molecule has 1 aliphatic rings. The Hall–Kier alpha value is -1.98. The van der Waals surface area contributed by atoms with Crippen molar-refractivity contribution in [1.29, 1.82) is 0 Å². The van der Waals surface area contributed by atoms with Gasteiger partial charge in [-0.15, -0.1) is 0 Å². The van der Waals surface area contributed by atoms with Crippen LogP contribution in [0.25, 0.3) is 0 Å². The minimum Gasteiger partial charge on any atom is -0.480 e. The number of amides is 1. The highest BCUT2D eigenvalue weighted by atomic mass is 19.1. The third-order valence-corrected chi connectivity index (χ3v) is 4.27. The van der Waals surface area contributed by atoms with E-state index >= 15 is 0 Å². The maximum absolute atomic E-state index is 13.1. The van der Waals surface area contributed by atoms with Gasteiger partial charge in [-0.05, 0) is 37.7 Å². The second-order valence-corrected chi connectivity index (χ2v) is 5.58. The van der Waals surface area contributed by atoms with E-state index in [0.717, 1.165) is 31.5 Å². The van der Waals surface area contributed by atoms with Gasteiger partial charge in [0.1, 0.15) is 11.4 Å². The highest BCUT2D eigenvalue weighted by molar-refractivity contribution is 5.97. The first-order valence-corrected chi connectivity index (χ1v) is 7.13. The molecule has 0 bridgehead atoms. The first kappa shape index (κ1) is 15.4. The van der Waals surface area contributed by atoms with E-state index < -0.39 is 23.2 Å². The summed E-state index contributed by atoms with van der Waals surface area (Å²) >= 11 is 0. The van der Waals surface area contributed by atoms with Crippen LogP contribution in [0.2, 0.25) is 0 Å². The molecule has 21 heavy (non-hydrogen) atoms. The second-order valence-electron chi connectivity index (χ2n) is 5.58. The quantitative estimate of drug-likeness (QED) is 0.893. The Kier molecular flexibility index (Phi) is 4.55. The van der Waals surface area contributed by atoms with Crippen LogP contribution in [0.1, 0.15) is 49.4 Å². The molecule has 1 heterocycles. The number of rotatable bonds is 4. The zero-order valence-corrected chi connectivity index (χ0v) is 11.9. The topological polar surface area (TPSA) is 79.3 Å². The molecule has 6 heteroatoms. The van der Waals surface area contributed by atoms with Gasteiger partial charge in [0.15, 0.2) is 0 Å². The molecule has 1 aliphatic carbocycles. The number of halogens is 1. The molecule has 0 spiro atoms. The van der Waals surface area contributed by atoms with Crippen LogP contribution >= 0.6 is 0 Å². The number of carbonyl (C=O) groups is 2. The van der Waals surface area contributed by atoms with Crippen molar-refractivity contribution in [3.05, 3.63) is 29.8 Å². The monoisotopic (exact) mass is 294 g/mol. The van der Waals surface area contributed by atoms with Gasteiger partial charge in [0, 0.05) is 6.20 Å². The molecule has 114 valence electrons. The summed E-state index contributed by atoms with van der Waals surface area (Å²) in [6.45, 7) is 2.08. The molecule has 1 aromatic rings. The van der Waals surface area contributed by atoms with Gasteiger partial charge in [-0.2, -0.15) is 0 Å². The van der Waals surface area contributed by atoms with Gasteiger partial charge in [-0.25, -0.2) is 9.18 Å². The predicted octanol–water partition coefficient (Wildman–Crippen LogP) is 2.37. The Morgan fingerprint density at radius 2 is 2.10 bits per heavy atom.